The third kappa shape index (κ3) is 5.57. The van der Waals surface area contributed by atoms with E-state index in [1.165, 1.54) is 4.90 Å². The van der Waals surface area contributed by atoms with Crippen molar-refractivity contribution < 1.29 is 9.53 Å². The molecule has 156 valence electrons. The third-order valence-corrected chi connectivity index (χ3v) is 5.12. The minimum atomic E-state index is -0.140. The molecule has 0 aliphatic carbocycles. The number of nitrogens with one attached hydrogen (secondary N) is 1. The summed E-state index contributed by atoms with van der Waals surface area (Å²) in [5, 5.41) is 3.49. The van der Waals surface area contributed by atoms with Gasteiger partial charge in [0.15, 0.2) is 5.11 Å². The van der Waals surface area contributed by atoms with E-state index in [0.29, 0.717) is 17.4 Å². The number of benzene rings is 2. The van der Waals surface area contributed by atoms with Crippen LogP contribution in [0, 0.1) is 0 Å². The van der Waals surface area contributed by atoms with E-state index in [-0.39, 0.29) is 5.91 Å². The number of amides is 1. The van der Waals surface area contributed by atoms with Crippen LogP contribution in [0.5, 0.6) is 5.75 Å². The lowest BCUT2D eigenvalue weighted by molar-refractivity contribution is -0.113. The zero-order chi connectivity index (χ0) is 21.3. The van der Waals surface area contributed by atoms with Crippen molar-refractivity contribution >= 4 is 35.0 Å². The molecule has 0 bridgehead atoms. The molecule has 3 rings (SSSR count). The van der Waals surface area contributed by atoms with E-state index in [1.54, 1.807) is 0 Å². The molecule has 1 aliphatic heterocycles. The van der Waals surface area contributed by atoms with Crippen molar-refractivity contribution in [1.82, 2.24) is 5.32 Å². The van der Waals surface area contributed by atoms with Crippen molar-refractivity contribution in [3.63, 3.8) is 0 Å². The van der Waals surface area contributed by atoms with E-state index in [9.17, 15) is 4.79 Å². The van der Waals surface area contributed by atoms with Crippen molar-refractivity contribution in [3.8, 4) is 5.75 Å². The molecule has 1 aliphatic rings. The fourth-order valence-corrected chi connectivity index (χ4v) is 3.64. The van der Waals surface area contributed by atoms with Gasteiger partial charge in [0, 0.05) is 0 Å². The summed E-state index contributed by atoms with van der Waals surface area (Å²) in [7, 11) is 0. The third-order valence-electron chi connectivity index (χ3n) is 4.83. The van der Waals surface area contributed by atoms with Gasteiger partial charge in [-0.2, -0.15) is 0 Å². The van der Waals surface area contributed by atoms with Gasteiger partial charge in [0.2, 0.25) is 0 Å². The van der Waals surface area contributed by atoms with Crippen LogP contribution in [0.2, 0.25) is 0 Å². The van der Waals surface area contributed by atoms with Crippen molar-refractivity contribution in [2.45, 2.75) is 39.5 Å². The van der Waals surface area contributed by atoms with Crippen LogP contribution in [0.25, 0.3) is 6.08 Å². The summed E-state index contributed by atoms with van der Waals surface area (Å²) in [5.41, 5.74) is 3.47. The molecular formula is C25H28N2O2S. The summed E-state index contributed by atoms with van der Waals surface area (Å²) in [6.45, 7) is 4.73. The average Bonchev–Trinajstić information content (AvgIpc) is 3.03. The second-order valence-electron chi connectivity index (χ2n) is 7.14. The second-order valence-corrected chi connectivity index (χ2v) is 7.53. The summed E-state index contributed by atoms with van der Waals surface area (Å²) >= 11 is 5.45. The highest BCUT2D eigenvalue weighted by molar-refractivity contribution is 7.80. The number of hydrogen-bond acceptors (Lipinski definition) is 3. The fourth-order valence-electron chi connectivity index (χ4n) is 3.34. The summed E-state index contributed by atoms with van der Waals surface area (Å²) < 4.78 is 5.48. The normalized spacial score (nSPS) is 15.6. The van der Waals surface area contributed by atoms with Gasteiger partial charge < -0.3 is 10.1 Å². The van der Waals surface area contributed by atoms with Gasteiger partial charge in [-0.3, -0.25) is 9.69 Å². The SMILES string of the molecule is CCCCCC(=C/c1ccccc1)/C=C1/NC(=S)N(c2ccc(OCC)cc2)C1=O. The van der Waals surface area contributed by atoms with Crippen LogP contribution in [0.3, 0.4) is 0 Å². The number of ether oxygens (including phenoxy) is 1. The highest BCUT2D eigenvalue weighted by Crippen LogP contribution is 2.25. The minimum Gasteiger partial charge on any atom is -0.494 e. The number of anilines is 1. The van der Waals surface area contributed by atoms with E-state index >= 15 is 0 Å². The van der Waals surface area contributed by atoms with E-state index in [0.717, 1.165) is 48.3 Å². The Morgan fingerprint density at radius 3 is 2.47 bits per heavy atom. The maximum atomic E-state index is 13.1. The summed E-state index contributed by atoms with van der Waals surface area (Å²) in [4.78, 5) is 14.6. The number of thiocarbonyl (C=S) groups is 1. The van der Waals surface area contributed by atoms with Gasteiger partial charge in [-0.25, -0.2) is 0 Å². The Morgan fingerprint density at radius 1 is 1.07 bits per heavy atom. The Kier molecular flexibility index (Phi) is 7.80. The molecule has 0 atom stereocenters. The van der Waals surface area contributed by atoms with Gasteiger partial charge in [-0.1, -0.05) is 56.2 Å². The lowest BCUT2D eigenvalue weighted by Crippen LogP contribution is -2.30. The predicted octanol–water partition coefficient (Wildman–Crippen LogP) is 5.85. The fraction of sp³-hybridized carbons (Fsp3) is 0.280. The van der Waals surface area contributed by atoms with Crippen LogP contribution >= 0.6 is 12.2 Å². The van der Waals surface area contributed by atoms with Crippen LogP contribution in [-0.2, 0) is 4.79 Å². The number of carbonyl (C=O) groups is 1. The zero-order valence-electron chi connectivity index (χ0n) is 17.6. The van der Waals surface area contributed by atoms with Gasteiger partial charge in [0.1, 0.15) is 11.4 Å². The van der Waals surface area contributed by atoms with Crippen molar-refractivity contribution in [2.24, 2.45) is 0 Å². The van der Waals surface area contributed by atoms with Crippen molar-refractivity contribution in [1.29, 1.82) is 0 Å². The largest absolute Gasteiger partial charge is 0.494 e. The first kappa shape index (κ1) is 21.8. The van der Waals surface area contributed by atoms with Crippen LogP contribution in [0.15, 0.2) is 71.9 Å². The maximum absolute atomic E-state index is 13.1. The summed E-state index contributed by atoms with van der Waals surface area (Å²) in [5.74, 6) is 0.630. The van der Waals surface area contributed by atoms with Gasteiger partial charge in [-0.15, -0.1) is 0 Å². The molecule has 5 heteroatoms. The Labute approximate surface area is 184 Å². The molecule has 4 nitrogen and oxygen atoms in total. The molecule has 1 N–H and O–H groups in total. The number of unbranched alkanes of at least 4 members (excludes halogenated alkanes) is 2. The molecule has 1 saturated heterocycles. The standard InChI is InChI=1S/C25H28N2O2S/c1-3-5-7-12-20(17-19-10-8-6-9-11-19)18-23-24(28)27(25(30)26-23)21-13-15-22(16-14-21)29-4-2/h6,8-11,13-18H,3-5,7,12H2,1-2H3,(H,26,30)/b20-17-,23-18+. The molecule has 1 heterocycles. The maximum Gasteiger partial charge on any atom is 0.281 e. The zero-order valence-corrected chi connectivity index (χ0v) is 18.4. The number of nitrogens with zero attached hydrogens (tertiary/aromatic N) is 1. The molecule has 0 aromatic heterocycles. The minimum absolute atomic E-state index is 0.140. The van der Waals surface area contributed by atoms with Crippen LogP contribution < -0.4 is 15.0 Å². The first-order valence-corrected chi connectivity index (χ1v) is 10.9. The molecular weight excluding hydrogens is 392 g/mol. The van der Waals surface area contributed by atoms with Gasteiger partial charge in [0.05, 0.1) is 12.3 Å². The first-order chi connectivity index (χ1) is 14.6. The lowest BCUT2D eigenvalue weighted by Gasteiger charge is -2.14. The number of rotatable bonds is 9. The highest BCUT2D eigenvalue weighted by Gasteiger charge is 2.32. The van der Waals surface area contributed by atoms with Crippen molar-refractivity contribution in [2.75, 3.05) is 11.5 Å². The van der Waals surface area contributed by atoms with Gasteiger partial charge >= 0.3 is 0 Å². The summed E-state index contributed by atoms with van der Waals surface area (Å²) in [6, 6.07) is 17.6. The Hall–Kier alpha value is -2.92. The molecule has 0 saturated carbocycles. The molecule has 0 unspecified atom stereocenters. The quantitative estimate of drug-likeness (QED) is 0.314. The van der Waals surface area contributed by atoms with Crippen molar-refractivity contribution in [3.05, 3.63) is 77.5 Å². The van der Waals surface area contributed by atoms with E-state index in [2.05, 4.69) is 30.4 Å². The van der Waals surface area contributed by atoms with E-state index in [1.807, 2.05) is 55.5 Å². The van der Waals surface area contributed by atoms with Gasteiger partial charge in [0.25, 0.3) is 5.91 Å². The molecule has 0 spiro atoms. The number of hydrogen-bond donors (Lipinski definition) is 1. The number of allylic oxidation sites excluding steroid dienone is 2. The summed E-state index contributed by atoms with van der Waals surface area (Å²) in [6.07, 6.45) is 8.39. The van der Waals surface area contributed by atoms with Gasteiger partial charge in [-0.05, 0) is 73.5 Å². The molecule has 30 heavy (non-hydrogen) atoms. The highest BCUT2D eigenvalue weighted by atomic mass is 32.1. The lowest BCUT2D eigenvalue weighted by atomic mass is 10.0. The first-order valence-electron chi connectivity index (χ1n) is 10.5. The molecule has 1 fully saturated rings. The Bertz CT molecular complexity index is 933. The van der Waals surface area contributed by atoms with E-state index < -0.39 is 0 Å². The smallest absolute Gasteiger partial charge is 0.281 e. The monoisotopic (exact) mass is 420 g/mol. The van der Waals surface area contributed by atoms with E-state index in [4.69, 9.17) is 17.0 Å². The van der Waals surface area contributed by atoms with Crippen LogP contribution in [0.1, 0.15) is 45.1 Å². The second kappa shape index (κ2) is 10.7. The average molecular weight is 421 g/mol. The molecule has 2 aromatic rings. The van der Waals surface area contributed by atoms with Crippen LogP contribution in [0.4, 0.5) is 5.69 Å². The molecule has 2 aromatic carbocycles. The topological polar surface area (TPSA) is 41.6 Å². The molecule has 1 amide bonds. The Balaban J connectivity index is 1.84. The predicted molar refractivity (Wildman–Crippen MR) is 127 cm³/mol. The Morgan fingerprint density at radius 2 is 1.80 bits per heavy atom. The molecule has 0 radical (unpaired) electrons. The van der Waals surface area contributed by atoms with Crippen LogP contribution in [-0.4, -0.2) is 17.6 Å². The number of carbonyl (C=O) groups excluding carboxylic acids is 1.